The molecule has 1 aliphatic carbocycles. The number of ether oxygens (including phenoxy) is 1. The zero-order valence-electron chi connectivity index (χ0n) is 10.2. The molecule has 2 N–H and O–H groups in total. The average molecular weight is 219 g/mol. The summed E-state index contributed by atoms with van der Waals surface area (Å²) in [4.78, 5) is 0. The highest BCUT2D eigenvalue weighted by atomic mass is 16.5. The van der Waals surface area contributed by atoms with Crippen molar-refractivity contribution in [3.63, 3.8) is 0 Å². The Balaban J connectivity index is 2.34. The molecular formula is C14H21NO. The summed E-state index contributed by atoms with van der Waals surface area (Å²) in [5.74, 6) is 0.450. The summed E-state index contributed by atoms with van der Waals surface area (Å²) in [6, 6.07) is 6.62. The van der Waals surface area contributed by atoms with Crippen molar-refractivity contribution in [2.75, 3.05) is 13.7 Å². The Kier molecular flexibility index (Phi) is 3.62. The first-order chi connectivity index (χ1) is 7.76. The quantitative estimate of drug-likeness (QED) is 0.846. The van der Waals surface area contributed by atoms with Crippen molar-refractivity contribution in [3.05, 3.63) is 34.9 Å². The van der Waals surface area contributed by atoms with E-state index in [2.05, 4.69) is 25.1 Å². The summed E-state index contributed by atoms with van der Waals surface area (Å²) < 4.78 is 5.49. The fourth-order valence-electron chi connectivity index (χ4n) is 2.57. The van der Waals surface area contributed by atoms with E-state index in [1.807, 2.05) is 7.11 Å². The summed E-state index contributed by atoms with van der Waals surface area (Å²) in [5, 5.41) is 0. The molecule has 88 valence electrons. The van der Waals surface area contributed by atoms with Gasteiger partial charge >= 0.3 is 0 Å². The molecule has 0 aliphatic heterocycles. The predicted molar refractivity (Wildman–Crippen MR) is 66.7 cm³/mol. The van der Waals surface area contributed by atoms with Crippen LogP contribution in [0.4, 0.5) is 0 Å². The third kappa shape index (κ3) is 2.13. The van der Waals surface area contributed by atoms with E-state index in [0.29, 0.717) is 18.6 Å². The Morgan fingerprint density at radius 1 is 1.50 bits per heavy atom. The molecule has 2 nitrogen and oxygen atoms in total. The van der Waals surface area contributed by atoms with Crippen molar-refractivity contribution < 1.29 is 4.74 Å². The zero-order chi connectivity index (χ0) is 11.5. The standard InChI is InChI=1S/C14H21NO/c1-10(9-15)13-5-3-4-11-6-7-12(16-2)8-14(11)13/h3-5,10,12H,6-9,15H2,1-2H3. The van der Waals surface area contributed by atoms with Crippen LogP contribution in [0.1, 0.15) is 36.0 Å². The SMILES string of the molecule is COC1CCc2cccc(C(C)CN)c2C1. The van der Waals surface area contributed by atoms with Crippen molar-refractivity contribution >= 4 is 0 Å². The van der Waals surface area contributed by atoms with Crippen molar-refractivity contribution in [1.29, 1.82) is 0 Å². The minimum absolute atomic E-state index is 0.388. The van der Waals surface area contributed by atoms with E-state index in [-0.39, 0.29) is 0 Å². The molecule has 1 aromatic rings. The molecule has 0 saturated heterocycles. The van der Waals surface area contributed by atoms with E-state index in [4.69, 9.17) is 10.5 Å². The fourth-order valence-corrected chi connectivity index (χ4v) is 2.57. The maximum absolute atomic E-state index is 5.77. The Morgan fingerprint density at radius 2 is 2.31 bits per heavy atom. The number of methoxy groups -OCH3 is 1. The number of rotatable bonds is 3. The monoisotopic (exact) mass is 219 g/mol. The van der Waals surface area contributed by atoms with Crippen molar-refractivity contribution in [1.82, 2.24) is 0 Å². The Labute approximate surface area is 97.8 Å². The molecule has 0 fully saturated rings. The van der Waals surface area contributed by atoms with Gasteiger partial charge in [0, 0.05) is 7.11 Å². The van der Waals surface area contributed by atoms with Gasteiger partial charge in [-0.15, -0.1) is 0 Å². The molecule has 16 heavy (non-hydrogen) atoms. The van der Waals surface area contributed by atoms with Gasteiger partial charge in [-0.2, -0.15) is 0 Å². The van der Waals surface area contributed by atoms with Gasteiger partial charge in [0.2, 0.25) is 0 Å². The zero-order valence-corrected chi connectivity index (χ0v) is 10.2. The van der Waals surface area contributed by atoms with Crippen molar-refractivity contribution in [2.24, 2.45) is 5.73 Å². The van der Waals surface area contributed by atoms with E-state index in [1.54, 1.807) is 0 Å². The number of benzene rings is 1. The molecule has 0 saturated carbocycles. The molecule has 0 radical (unpaired) electrons. The van der Waals surface area contributed by atoms with Crippen LogP contribution in [0.15, 0.2) is 18.2 Å². The number of aryl methyl sites for hydroxylation is 1. The van der Waals surface area contributed by atoms with Gasteiger partial charge in [-0.05, 0) is 48.4 Å². The van der Waals surface area contributed by atoms with Gasteiger partial charge in [0.05, 0.1) is 6.10 Å². The lowest BCUT2D eigenvalue weighted by molar-refractivity contribution is 0.0908. The molecule has 1 aromatic carbocycles. The summed E-state index contributed by atoms with van der Waals surface area (Å²) in [5.41, 5.74) is 10.2. The minimum Gasteiger partial charge on any atom is -0.381 e. The Hall–Kier alpha value is -0.860. The normalized spacial score (nSPS) is 21.6. The second kappa shape index (κ2) is 4.98. The van der Waals surface area contributed by atoms with Crippen LogP contribution < -0.4 is 5.73 Å². The topological polar surface area (TPSA) is 35.2 Å². The molecule has 1 aliphatic rings. The molecular weight excluding hydrogens is 198 g/mol. The molecule has 2 rings (SSSR count). The molecule has 0 aromatic heterocycles. The smallest absolute Gasteiger partial charge is 0.0615 e. The van der Waals surface area contributed by atoms with Crippen LogP contribution in [-0.4, -0.2) is 19.8 Å². The maximum atomic E-state index is 5.77. The summed E-state index contributed by atoms with van der Waals surface area (Å²) in [6.07, 6.45) is 3.72. The van der Waals surface area contributed by atoms with Crippen LogP contribution in [0.3, 0.4) is 0 Å². The highest BCUT2D eigenvalue weighted by molar-refractivity contribution is 5.39. The fraction of sp³-hybridized carbons (Fsp3) is 0.571. The third-order valence-electron chi connectivity index (χ3n) is 3.69. The van der Waals surface area contributed by atoms with E-state index in [9.17, 15) is 0 Å². The summed E-state index contributed by atoms with van der Waals surface area (Å²) >= 11 is 0. The average Bonchev–Trinajstić information content (AvgIpc) is 2.36. The second-order valence-corrected chi connectivity index (χ2v) is 4.72. The lowest BCUT2D eigenvalue weighted by Crippen LogP contribution is -2.23. The highest BCUT2D eigenvalue weighted by Crippen LogP contribution is 2.29. The van der Waals surface area contributed by atoms with Gasteiger partial charge in [-0.1, -0.05) is 25.1 Å². The molecule has 0 amide bonds. The van der Waals surface area contributed by atoms with Gasteiger partial charge in [0.1, 0.15) is 0 Å². The van der Waals surface area contributed by atoms with Crippen LogP contribution in [0.2, 0.25) is 0 Å². The van der Waals surface area contributed by atoms with Crippen LogP contribution in [-0.2, 0) is 17.6 Å². The molecule has 2 unspecified atom stereocenters. The van der Waals surface area contributed by atoms with E-state index < -0.39 is 0 Å². The van der Waals surface area contributed by atoms with E-state index in [1.165, 1.54) is 16.7 Å². The first-order valence-electron chi connectivity index (χ1n) is 6.09. The van der Waals surface area contributed by atoms with Gasteiger partial charge in [0.25, 0.3) is 0 Å². The van der Waals surface area contributed by atoms with Gasteiger partial charge < -0.3 is 10.5 Å². The maximum Gasteiger partial charge on any atom is 0.0615 e. The number of fused-ring (bicyclic) bond motifs is 1. The lowest BCUT2D eigenvalue weighted by Gasteiger charge is -2.27. The number of nitrogens with two attached hydrogens (primary N) is 1. The summed E-state index contributed by atoms with van der Waals surface area (Å²) in [6.45, 7) is 2.92. The first kappa shape index (κ1) is 11.6. The summed E-state index contributed by atoms with van der Waals surface area (Å²) in [7, 11) is 1.81. The second-order valence-electron chi connectivity index (χ2n) is 4.72. The van der Waals surface area contributed by atoms with Crippen LogP contribution in [0.5, 0.6) is 0 Å². The molecule has 2 heteroatoms. The van der Waals surface area contributed by atoms with E-state index in [0.717, 1.165) is 19.3 Å². The lowest BCUT2D eigenvalue weighted by atomic mass is 9.83. The highest BCUT2D eigenvalue weighted by Gasteiger charge is 2.21. The van der Waals surface area contributed by atoms with Gasteiger partial charge in [-0.3, -0.25) is 0 Å². The van der Waals surface area contributed by atoms with Crippen LogP contribution >= 0.6 is 0 Å². The minimum atomic E-state index is 0.388. The molecule has 0 bridgehead atoms. The van der Waals surface area contributed by atoms with Gasteiger partial charge in [0.15, 0.2) is 0 Å². The largest absolute Gasteiger partial charge is 0.381 e. The van der Waals surface area contributed by atoms with Crippen LogP contribution in [0, 0.1) is 0 Å². The van der Waals surface area contributed by atoms with Gasteiger partial charge in [-0.25, -0.2) is 0 Å². The molecule has 0 spiro atoms. The van der Waals surface area contributed by atoms with E-state index >= 15 is 0 Å². The number of hydrogen-bond donors (Lipinski definition) is 1. The van der Waals surface area contributed by atoms with Crippen LogP contribution in [0.25, 0.3) is 0 Å². The molecule has 0 heterocycles. The number of hydrogen-bond acceptors (Lipinski definition) is 2. The predicted octanol–water partition coefficient (Wildman–Crippen LogP) is 2.25. The van der Waals surface area contributed by atoms with Crippen molar-refractivity contribution in [2.45, 2.75) is 38.2 Å². The Bertz CT molecular complexity index is 362. The third-order valence-corrected chi connectivity index (χ3v) is 3.69. The Morgan fingerprint density at radius 3 is 3.00 bits per heavy atom. The first-order valence-corrected chi connectivity index (χ1v) is 6.09. The van der Waals surface area contributed by atoms with Crippen molar-refractivity contribution in [3.8, 4) is 0 Å². The molecule has 2 atom stereocenters.